The highest BCUT2D eigenvalue weighted by molar-refractivity contribution is 6.30. The number of nitro benzene ring substituents is 1. The number of hydrogen-bond acceptors (Lipinski definition) is 4. The Hall–Kier alpha value is -2.24. The van der Waals surface area contributed by atoms with Crippen LogP contribution in [0.2, 0.25) is 5.02 Å². The molecule has 0 aliphatic carbocycles. The third-order valence-corrected chi connectivity index (χ3v) is 3.54. The zero-order chi connectivity index (χ0) is 15.0. The van der Waals surface area contributed by atoms with Crippen molar-refractivity contribution in [2.24, 2.45) is 0 Å². The van der Waals surface area contributed by atoms with E-state index in [1.54, 1.807) is 24.3 Å². The lowest BCUT2D eigenvalue weighted by molar-refractivity contribution is -0.385. The van der Waals surface area contributed by atoms with E-state index in [0.717, 1.165) is 0 Å². The second kappa shape index (κ2) is 5.27. The van der Waals surface area contributed by atoms with Gasteiger partial charge < -0.3 is 4.74 Å². The van der Waals surface area contributed by atoms with Gasteiger partial charge in [0.05, 0.1) is 10.5 Å². The van der Waals surface area contributed by atoms with Crippen LogP contribution >= 0.6 is 11.6 Å². The number of nitrogens with zero attached hydrogens (tertiary/aromatic N) is 1. The fraction of sp³-hybridized carbons (Fsp3) is 0.133. The number of Topliss-reactive ketones (excluding diaryl/α,β-unsaturated/α-hetero) is 1. The van der Waals surface area contributed by atoms with Gasteiger partial charge in [0.25, 0.3) is 5.69 Å². The maximum absolute atomic E-state index is 12.2. The normalized spacial score (nSPS) is 20.0. The first-order chi connectivity index (χ1) is 10.1. The van der Waals surface area contributed by atoms with Crippen LogP contribution < -0.4 is 0 Å². The van der Waals surface area contributed by atoms with Gasteiger partial charge in [-0.3, -0.25) is 14.9 Å². The van der Waals surface area contributed by atoms with Gasteiger partial charge in [-0.1, -0.05) is 41.9 Å². The number of rotatable bonds is 4. The lowest BCUT2D eigenvalue weighted by atomic mass is 10.0. The molecule has 0 N–H and O–H groups in total. The number of ketones is 1. The maximum atomic E-state index is 12.2. The topological polar surface area (TPSA) is 72.7 Å². The Labute approximate surface area is 125 Å². The van der Waals surface area contributed by atoms with Crippen molar-refractivity contribution in [2.75, 3.05) is 0 Å². The van der Waals surface area contributed by atoms with Gasteiger partial charge >= 0.3 is 0 Å². The average molecular weight is 304 g/mol. The van der Waals surface area contributed by atoms with Crippen LogP contribution in [-0.2, 0) is 4.74 Å². The Morgan fingerprint density at radius 1 is 1.19 bits per heavy atom. The molecule has 2 atom stereocenters. The number of halogens is 1. The van der Waals surface area contributed by atoms with Crippen LogP contribution in [-0.4, -0.2) is 16.8 Å². The summed E-state index contributed by atoms with van der Waals surface area (Å²) in [5.41, 5.74) is 0.768. The van der Waals surface area contributed by atoms with E-state index in [-0.39, 0.29) is 11.5 Å². The largest absolute Gasteiger partial charge is 0.355 e. The number of ether oxygens (including phenoxy) is 1. The molecule has 1 heterocycles. The summed E-state index contributed by atoms with van der Waals surface area (Å²) >= 11 is 5.87. The first-order valence-electron chi connectivity index (χ1n) is 6.26. The van der Waals surface area contributed by atoms with Gasteiger partial charge in [0, 0.05) is 16.7 Å². The first kappa shape index (κ1) is 13.7. The molecule has 0 amide bonds. The van der Waals surface area contributed by atoms with Gasteiger partial charge in [-0.2, -0.15) is 0 Å². The quantitative estimate of drug-likeness (QED) is 0.374. The summed E-state index contributed by atoms with van der Waals surface area (Å²) in [7, 11) is 0. The monoisotopic (exact) mass is 303 g/mol. The van der Waals surface area contributed by atoms with Crippen LogP contribution in [0.4, 0.5) is 5.69 Å². The van der Waals surface area contributed by atoms with Crippen molar-refractivity contribution in [3.05, 3.63) is 74.8 Å². The summed E-state index contributed by atoms with van der Waals surface area (Å²) in [6.45, 7) is 0. The summed E-state index contributed by atoms with van der Waals surface area (Å²) in [5.74, 6) is -0.185. The molecule has 0 spiro atoms. The van der Waals surface area contributed by atoms with E-state index in [0.29, 0.717) is 16.1 Å². The van der Waals surface area contributed by atoms with Crippen molar-refractivity contribution in [1.82, 2.24) is 0 Å². The molecule has 1 aliphatic heterocycles. The molecule has 3 rings (SSSR count). The molecular formula is C15H10ClNO4. The predicted octanol–water partition coefficient (Wildman–Crippen LogP) is 3.57. The highest BCUT2D eigenvalue weighted by Gasteiger charge is 2.49. The molecule has 21 heavy (non-hydrogen) atoms. The smallest absolute Gasteiger partial charge is 0.275 e. The minimum Gasteiger partial charge on any atom is -0.355 e. The number of carbonyl (C=O) groups excluding carboxylic acids is 1. The Balaban J connectivity index is 1.87. The molecular weight excluding hydrogens is 294 g/mol. The summed E-state index contributed by atoms with van der Waals surface area (Å²) in [6, 6.07) is 12.9. The molecule has 1 saturated heterocycles. The van der Waals surface area contributed by atoms with Crippen molar-refractivity contribution in [3.8, 4) is 0 Å². The van der Waals surface area contributed by atoms with Gasteiger partial charge in [0.1, 0.15) is 6.10 Å². The maximum Gasteiger partial charge on any atom is 0.275 e. The number of nitro groups is 1. The number of epoxide rings is 1. The predicted molar refractivity (Wildman–Crippen MR) is 76.5 cm³/mol. The van der Waals surface area contributed by atoms with Gasteiger partial charge in [-0.05, 0) is 12.1 Å². The van der Waals surface area contributed by atoms with Gasteiger partial charge in [-0.15, -0.1) is 0 Å². The van der Waals surface area contributed by atoms with E-state index in [1.807, 2.05) is 6.07 Å². The second-order valence-corrected chi connectivity index (χ2v) is 5.10. The average Bonchev–Trinajstić information content (AvgIpc) is 3.27. The SMILES string of the molecule is O=C(c1ccccc1)[C@@H]1O[C@H]1c1cc(Cl)ccc1[N+](=O)[O-]. The molecule has 5 nitrogen and oxygen atoms in total. The second-order valence-electron chi connectivity index (χ2n) is 4.67. The lowest BCUT2D eigenvalue weighted by Crippen LogP contribution is -2.08. The van der Waals surface area contributed by atoms with Crippen LogP contribution in [0, 0.1) is 10.1 Å². The molecule has 6 heteroatoms. The van der Waals surface area contributed by atoms with E-state index < -0.39 is 17.1 Å². The molecule has 2 aromatic carbocycles. The third-order valence-electron chi connectivity index (χ3n) is 3.30. The molecule has 0 aromatic heterocycles. The van der Waals surface area contributed by atoms with E-state index in [9.17, 15) is 14.9 Å². The van der Waals surface area contributed by atoms with Crippen LogP contribution in [0.5, 0.6) is 0 Å². The minimum absolute atomic E-state index is 0.0900. The standard InChI is InChI=1S/C15H10ClNO4/c16-10-6-7-12(17(19)20)11(8-10)14-15(21-14)13(18)9-4-2-1-3-5-9/h1-8,14-15H/t14-,15-/m0/s1. The van der Waals surface area contributed by atoms with E-state index in [1.165, 1.54) is 18.2 Å². The molecule has 2 aromatic rings. The van der Waals surface area contributed by atoms with Crippen molar-refractivity contribution < 1.29 is 14.5 Å². The van der Waals surface area contributed by atoms with E-state index in [4.69, 9.17) is 16.3 Å². The van der Waals surface area contributed by atoms with Gasteiger partial charge in [-0.25, -0.2) is 0 Å². The number of benzene rings is 2. The molecule has 106 valence electrons. The van der Waals surface area contributed by atoms with Crippen LogP contribution in [0.15, 0.2) is 48.5 Å². The summed E-state index contributed by atoms with van der Waals surface area (Å²) in [6.07, 6.45) is -1.30. The van der Waals surface area contributed by atoms with Crippen molar-refractivity contribution >= 4 is 23.1 Å². The van der Waals surface area contributed by atoms with Crippen LogP contribution in [0.3, 0.4) is 0 Å². The molecule has 0 saturated carbocycles. The zero-order valence-electron chi connectivity index (χ0n) is 10.7. The number of carbonyl (C=O) groups is 1. The molecule has 0 radical (unpaired) electrons. The fourth-order valence-electron chi connectivity index (χ4n) is 2.23. The van der Waals surface area contributed by atoms with E-state index in [2.05, 4.69) is 0 Å². The Kier molecular flexibility index (Phi) is 3.45. The Morgan fingerprint density at radius 3 is 2.57 bits per heavy atom. The third kappa shape index (κ3) is 2.66. The summed E-state index contributed by atoms with van der Waals surface area (Å²) in [4.78, 5) is 22.8. The Bertz CT molecular complexity index is 717. The van der Waals surface area contributed by atoms with Crippen molar-refractivity contribution in [3.63, 3.8) is 0 Å². The molecule has 1 fully saturated rings. The van der Waals surface area contributed by atoms with Gasteiger partial charge in [0.15, 0.2) is 11.9 Å². The molecule has 1 aliphatic rings. The van der Waals surface area contributed by atoms with Crippen LogP contribution in [0.25, 0.3) is 0 Å². The lowest BCUT2D eigenvalue weighted by Gasteiger charge is -2.00. The van der Waals surface area contributed by atoms with Crippen molar-refractivity contribution in [2.45, 2.75) is 12.2 Å². The van der Waals surface area contributed by atoms with Gasteiger partial charge in [0.2, 0.25) is 0 Å². The molecule has 0 bridgehead atoms. The summed E-state index contributed by atoms with van der Waals surface area (Å²) < 4.78 is 5.35. The Morgan fingerprint density at radius 2 is 1.90 bits per heavy atom. The van der Waals surface area contributed by atoms with Crippen LogP contribution in [0.1, 0.15) is 22.0 Å². The minimum atomic E-state index is -0.690. The van der Waals surface area contributed by atoms with Crippen molar-refractivity contribution in [1.29, 1.82) is 0 Å². The highest BCUT2D eigenvalue weighted by Crippen LogP contribution is 2.45. The fourth-order valence-corrected chi connectivity index (χ4v) is 2.42. The van der Waals surface area contributed by atoms with E-state index >= 15 is 0 Å². The molecule has 0 unspecified atom stereocenters. The zero-order valence-corrected chi connectivity index (χ0v) is 11.5. The highest BCUT2D eigenvalue weighted by atomic mass is 35.5. The number of hydrogen-bond donors (Lipinski definition) is 0. The summed E-state index contributed by atoms with van der Waals surface area (Å²) in [5, 5.41) is 11.4. The first-order valence-corrected chi connectivity index (χ1v) is 6.64.